The zero-order valence-electron chi connectivity index (χ0n) is 10.5. The lowest BCUT2D eigenvalue weighted by atomic mass is 10.1. The number of anilines is 1. The van der Waals surface area contributed by atoms with Gasteiger partial charge in [0.25, 0.3) is 5.91 Å². The van der Waals surface area contributed by atoms with Crippen LogP contribution in [-0.2, 0) is 0 Å². The number of carbonyl (C=O) groups is 1. The van der Waals surface area contributed by atoms with Crippen LogP contribution in [0.15, 0.2) is 18.2 Å². The number of ether oxygens (including phenoxy) is 1. The van der Waals surface area contributed by atoms with Gasteiger partial charge in [0.2, 0.25) is 0 Å². The average Bonchev–Trinajstić information content (AvgIpc) is 2.34. The fourth-order valence-electron chi connectivity index (χ4n) is 1.58. The zero-order valence-corrected chi connectivity index (χ0v) is 10.5. The maximum atomic E-state index is 11.9. The molecule has 1 aromatic rings. The Bertz CT molecular complexity index is 378. The van der Waals surface area contributed by atoms with Crippen LogP contribution in [-0.4, -0.2) is 19.6 Å². The smallest absolute Gasteiger partial charge is 0.255 e. The molecule has 0 saturated carbocycles. The summed E-state index contributed by atoms with van der Waals surface area (Å²) in [5, 5.41) is 2.86. The maximum Gasteiger partial charge on any atom is 0.255 e. The molecular weight excluding hydrogens is 216 g/mol. The summed E-state index contributed by atoms with van der Waals surface area (Å²) in [6.45, 7) is 2.81. The fourth-order valence-corrected chi connectivity index (χ4v) is 1.58. The second-order valence-electron chi connectivity index (χ2n) is 3.92. The van der Waals surface area contributed by atoms with Crippen molar-refractivity contribution in [2.45, 2.75) is 26.2 Å². The third-order valence-electron chi connectivity index (χ3n) is 2.53. The van der Waals surface area contributed by atoms with Crippen LogP contribution in [0.1, 0.15) is 36.5 Å². The molecule has 0 aliphatic rings. The molecule has 3 N–H and O–H groups in total. The molecule has 1 aromatic carbocycles. The van der Waals surface area contributed by atoms with Crippen LogP contribution in [0, 0.1) is 0 Å². The molecule has 4 nitrogen and oxygen atoms in total. The normalized spacial score (nSPS) is 10.0. The fraction of sp³-hybridized carbons (Fsp3) is 0.462. The van der Waals surface area contributed by atoms with Crippen LogP contribution >= 0.6 is 0 Å². The third kappa shape index (κ3) is 3.98. The lowest BCUT2D eigenvalue weighted by molar-refractivity contribution is 0.0950. The van der Waals surface area contributed by atoms with Gasteiger partial charge in [0.05, 0.1) is 12.7 Å². The summed E-state index contributed by atoms with van der Waals surface area (Å²) in [5.74, 6) is 0.414. The number of hydrogen-bond donors (Lipinski definition) is 2. The van der Waals surface area contributed by atoms with E-state index in [1.807, 2.05) is 0 Å². The van der Waals surface area contributed by atoms with Crippen molar-refractivity contribution in [2.75, 3.05) is 19.4 Å². The Kier molecular flexibility index (Phi) is 5.33. The standard InChI is InChI=1S/C13H20N2O2/c1-3-4-5-8-15-13(16)11-9-10(14)6-7-12(11)17-2/h6-7,9H,3-5,8,14H2,1-2H3,(H,15,16). The molecule has 0 aromatic heterocycles. The zero-order chi connectivity index (χ0) is 12.7. The van der Waals surface area contributed by atoms with Crippen LogP contribution in [0.3, 0.4) is 0 Å². The first-order chi connectivity index (χ1) is 8.19. The number of methoxy groups -OCH3 is 1. The van der Waals surface area contributed by atoms with Crippen molar-refractivity contribution >= 4 is 11.6 Å². The molecule has 94 valence electrons. The predicted octanol–water partition coefficient (Wildman–Crippen LogP) is 2.20. The Morgan fingerprint density at radius 3 is 2.82 bits per heavy atom. The number of nitrogen functional groups attached to an aromatic ring is 1. The first kappa shape index (κ1) is 13.4. The quantitative estimate of drug-likeness (QED) is 0.588. The van der Waals surface area contributed by atoms with E-state index < -0.39 is 0 Å². The Morgan fingerprint density at radius 1 is 1.41 bits per heavy atom. The van der Waals surface area contributed by atoms with E-state index in [-0.39, 0.29) is 5.91 Å². The number of nitrogens with one attached hydrogen (secondary N) is 1. The van der Waals surface area contributed by atoms with Gasteiger partial charge in [-0.2, -0.15) is 0 Å². The first-order valence-electron chi connectivity index (χ1n) is 5.90. The van der Waals surface area contributed by atoms with Gasteiger partial charge in [-0.1, -0.05) is 19.8 Å². The molecule has 0 radical (unpaired) electrons. The number of amides is 1. The van der Waals surface area contributed by atoms with Crippen molar-refractivity contribution in [2.24, 2.45) is 0 Å². The molecule has 0 spiro atoms. The molecule has 0 saturated heterocycles. The van der Waals surface area contributed by atoms with Crippen molar-refractivity contribution in [1.82, 2.24) is 5.32 Å². The van der Waals surface area contributed by atoms with Crippen molar-refractivity contribution in [1.29, 1.82) is 0 Å². The molecule has 1 rings (SSSR count). The van der Waals surface area contributed by atoms with E-state index in [1.165, 1.54) is 0 Å². The molecule has 0 fully saturated rings. The second-order valence-corrected chi connectivity index (χ2v) is 3.92. The molecule has 0 unspecified atom stereocenters. The topological polar surface area (TPSA) is 64.4 Å². The minimum absolute atomic E-state index is 0.134. The van der Waals surface area contributed by atoms with E-state index in [9.17, 15) is 4.79 Å². The number of rotatable bonds is 6. The highest BCUT2D eigenvalue weighted by Gasteiger charge is 2.11. The molecule has 0 aliphatic heterocycles. The summed E-state index contributed by atoms with van der Waals surface area (Å²) in [6, 6.07) is 5.05. The van der Waals surface area contributed by atoms with Crippen molar-refractivity contribution in [3.8, 4) is 5.75 Å². The summed E-state index contributed by atoms with van der Waals surface area (Å²) in [5.41, 5.74) is 6.71. The number of unbranched alkanes of at least 4 members (excludes halogenated alkanes) is 2. The van der Waals surface area contributed by atoms with Crippen LogP contribution < -0.4 is 15.8 Å². The van der Waals surface area contributed by atoms with E-state index in [0.717, 1.165) is 19.3 Å². The Hall–Kier alpha value is -1.71. The van der Waals surface area contributed by atoms with Gasteiger partial charge < -0.3 is 15.8 Å². The van der Waals surface area contributed by atoms with Gasteiger partial charge in [0.15, 0.2) is 0 Å². The summed E-state index contributed by atoms with van der Waals surface area (Å²) in [6.07, 6.45) is 3.25. The molecule has 0 bridgehead atoms. The van der Waals surface area contributed by atoms with Gasteiger partial charge in [-0.25, -0.2) is 0 Å². The first-order valence-corrected chi connectivity index (χ1v) is 5.90. The lowest BCUT2D eigenvalue weighted by Crippen LogP contribution is -2.25. The summed E-state index contributed by atoms with van der Waals surface area (Å²) >= 11 is 0. The molecule has 17 heavy (non-hydrogen) atoms. The molecule has 0 aliphatic carbocycles. The largest absolute Gasteiger partial charge is 0.496 e. The number of carbonyl (C=O) groups excluding carboxylic acids is 1. The van der Waals surface area contributed by atoms with E-state index >= 15 is 0 Å². The average molecular weight is 236 g/mol. The van der Waals surface area contributed by atoms with E-state index in [2.05, 4.69) is 12.2 Å². The molecule has 4 heteroatoms. The van der Waals surface area contributed by atoms with Gasteiger partial charge >= 0.3 is 0 Å². The second kappa shape index (κ2) is 6.78. The number of nitrogens with two attached hydrogens (primary N) is 1. The van der Waals surface area contributed by atoms with Crippen molar-refractivity contribution < 1.29 is 9.53 Å². The van der Waals surface area contributed by atoms with E-state index in [4.69, 9.17) is 10.5 Å². The van der Waals surface area contributed by atoms with E-state index in [0.29, 0.717) is 23.5 Å². The third-order valence-corrected chi connectivity index (χ3v) is 2.53. The van der Waals surface area contributed by atoms with Gasteiger partial charge in [-0.15, -0.1) is 0 Å². The summed E-state index contributed by atoms with van der Waals surface area (Å²) < 4.78 is 5.13. The molecule has 0 atom stereocenters. The molecular formula is C13H20N2O2. The Labute approximate surface area is 102 Å². The SMILES string of the molecule is CCCCCNC(=O)c1cc(N)ccc1OC. The van der Waals surface area contributed by atoms with Gasteiger partial charge in [0, 0.05) is 12.2 Å². The van der Waals surface area contributed by atoms with Crippen LogP contribution in [0.4, 0.5) is 5.69 Å². The van der Waals surface area contributed by atoms with Crippen LogP contribution in [0.25, 0.3) is 0 Å². The highest BCUT2D eigenvalue weighted by molar-refractivity contribution is 5.97. The molecule has 1 amide bonds. The van der Waals surface area contributed by atoms with Crippen molar-refractivity contribution in [3.63, 3.8) is 0 Å². The predicted molar refractivity (Wildman–Crippen MR) is 69.3 cm³/mol. The van der Waals surface area contributed by atoms with Gasteiger partial charge in [0.1, 0.15) is 5.75 Å². The minimum Gasteiger partial charge on any atom is -0.496 e. The monoisotopic (exact) mass is 236 g/mol. The number of benzene rings is 1. The minimum atomic E-state index is -0.134. The van der Waals surface area contributed by atoms with Gasteiger partial charge in [-0.3, -0.25) is 4.79 Å². The summed E-state index contributed by atoms with van der Waals surface area (Å²) in [4.78, 5) is 11.9. The van der Waals surface area contributed by atoms with Crippen molar-refractivity contribution in [3.05, 3.63) is 23.8 Å². The summed E-state index contributed by atoms with van der Waals surface area (Å²) in [7, 11) is 1.54. The van der Waals surface area contributed by atoms with Gasteiger partial charge in [-0.05, 0) is 24.6 Å². The number of hydrogen-bond acceptors (Lipinski definition) is 3. The van der Waals surface area contributed by atoms with Crippen LogP contribution in [0.5, 0.6) is 5.75 Å². The highest BCUT2D eigenvalue weighted by atomic mass is 16.5. The lowest BCUT2D eigenvalue weighted by Gasteiger charge is -2.09. The molecule has 0 heterocycles. The highest BCUT2D eigenvalue weighted by Crippen LogP contribution is 2.20. The maximum absolute atomic E-state index is 11.9. The Morgan fingerprint density at radius 2 is 2.18 bits per heavy atom. The Balaban J connectivity index is 2.64. The van der Waals surface area contributed by atoms with E-state index in [1.54, 1.807) is 25.3 Å². The van der Waals surface area contributed by atoms with Crippen LogP contribution in [0.2, 0.25) is 0 Å².